The lowest BCUT2D eigenvalue weighted by Crippen LogP contribution is -2.47. The van der Waals surface area contributed by atoms with Crippen LogP contribution in [0.1, 0.15) is 33.1 Å². The molecule has 1 aromatic heterocycles. The lowest BCUT2D eigenvalue weighted by atomic mass is 9.92. The number of thiocarbonyl (C=S) groups is 1. The Morgan fingerprint density at radius 1 is 0.972 bits per heavy atom. The number of rotatable bonds is 6. The second-order valence-corrected chi connectivity index (χ2v) is 10.9. The van der Waals surface area contributed by atoms with Crippen LogP contribution in [0, 0.1) is 11.8 Å². The molecule has 3 atom stereocenters. The largest absolute Gasteiger partial charge is 0.376 e. The minimum absolute atomic E-state index is 0.227. The Balaban J connectivity index is 1.31. The van der Waals surface area contributed by atoms with E-state index in [0.717, 1.165) is 70.4 Å². The first-order valence-electron chi connectivity index (χ1n) is 13.4. The van der Waals surface area contributed by atoms with E-state index < -0.39 is 0 Å². The SMILES string of the molecule is C[C@@H]1C[C@H](C)CN(c2cc(N3CCN(c4ccccc4)CC3)nc(NC(=S)NC[C@@H]3CCCO3)n2)C1. The Morgan fingerprint density at radius 3 is 2.31 bits per heavy atom. The quantitative estimate of drug-likeness (QED) is 0.567. The van der Waals surface area contributed by atoms with Crippen molar-refractivity contribution in [1.29, 1.82) is 0 Å². The average Bonchev–Trinajstić information content (AvgIpc) is 3.41. The molecule has 8 nitrogen and oxygen atoms in total. The number of aromatic nitrogens is 2. The van der Waals surface area contributed by atoms with Gasteiger partial charge in [-0.05, 0) is 55.4 Å². The van der Waals surface area contributed by atoms with E-state index in [0.29, 0.717) is 29.4 Å². The van der Waals surface area contributed by atoms with E-state index in [1.165, 1.54) is 12.1 Å². The summed E-state index contributed by atoms with van der Waals surface area (Å²) in [6.45, 7) is 12.0. The van der Waals surface area contributed by atoms with E-state index >= 15 is 0 Å². The van der Waals surface area contributed by atoms with Crippen LogP contribution in [0.25, 0.3) is 0 Å². The highest BCUT2D eigenvalue weighted by Crippen LogP contribution is 2.29. The Kier molecular flexibility index (Phi) is 8.06. The number of ether oxygens (including phenoxy) is 1. The molecule has 1 aromatic carbocycles. The summed E-state index contributed by atoms with van der Waals surface area (Å²) in [5.41, 5.74) is 1.28. The number of piperazine rings is 1. The van der Waals surface area contributed by atoms with Crippen LogP contribution in [0.15, 0.2) is 36.4 Å². The molecule has 0 saturated carbocycles. The van der Waals surface area contributed by atoms with Crippen LogP contribution in [0.4, 0.5) is 23.3 Å². The van der Waals surface area contributed by atoms with Gasteiger partial charge in [0.1, 0.15) is 11.6 Å². The van der Waals surface area contributed by atoms with E-state index in [9.17, 15) is 0 Å². The van der Waals surface area contributed by atoms with E-state index in [2.05, 4.69) is 75.6 Å². The highest BCUT2D eigenvalue weighted by molar-refractivity contribution is 7.80. The standard InChI is InChI=1S/C27H39N7OS/c1-20-15-21(2)19-34(18-20)25-16-24(33-12-10-32(11-13-33)22-7-4-3-5-8-22)29-26(30-25)31-27(36)28-17-23-9-6-14-35-23/h3-5,7-8,16,20-21,23H,6,9-15,17-19H2,1-2H3,(H2,28,29,30,31,36)/t20-,21+,23-/m0/s1. The average molecular weight is 510 g/mol. The lowest BCUT2D eigenvalue weighted by molar-refractivity contribution is 0.114. The summed E-state index contributed by atoms with van der Waals surface area (Å²) in [7, 11) is 0. The number of para-hydroxylation sites is 1. The van der Waals surface area contributed by atoms with Gasteiger partial charge >= 0.3 is 0 Å². The van der Waals surface area contributed by atoms with Gasteiger partial charge in [-0.25, -0.2) is 0 Å². The molecule has 4 heterocycles. The number of piperidine rings is 1. The first-order chi connectivity index (χ1) is 17.5. The zero-order valence-corrected chi connectivity index (χ0v) is 22.3. The number of nitrogens with zero attached hydrogens (tertiary/aromatic N) is 5. The van der Waals surface area contributed by atoms with Crippen LogP contribution >= 0.6 is 12.2 Å². The number of hydrogen-bond acceptors (Lipinski definition) is 7. The molecule has 0 aliphatic carbocycles. The minimum atomic E-state index is 0.227. The molecule has 36 heavy (non-hydrogen) atoms. The van der Waals surface area contributed by atoms with Crippen LogP contribution in [0.2, 0.25) is 0 Å². The van der Waals surface area contributed by atoms with Gasteiger partial charge in [0.05, 0.1) is 6.10 Å². The maximum absolute atomic E-state index is 5.71. The third-order valence-electron chi connectivity index (χ3n) is 7.36. The first kappa shape index (κ1) is 25.0. The fourth-order valence-electron chi connectivity index (χ4n) is 5.64. The van der Waals surface area contributed by atoms with Crippen molar-refractivity contribution in [2.75, 3.05) is 72.4 Å². The smallest absolute Gasteiger partial charge is 0.232 e. The first-order valence-corrected chi connectivity index (χ1v) is 13.8. The Hall–Kier alpha value is -2.65. The number of nitrogens with one attached hydrogen (secondary N) is 2. The second-order valence-electron chi connectivity index (χ2n) is 10.5. The molecule has 3 aliphatic rings. The van der Waals surface area contributed by atoms with Gasteiger partial charge in [0.2, 0.25) is 5.95 Å². The summed E-state index contributed by atoms with van der Waals surface area (Å²) in [6.07, 6.45) is 3.68. The van der Waals surface area contributed by atoms with Gasteiger partial charge in [0.25, 0.3) is 0 Å². The summed E-state index contributed by atoms with van der Waals surface area (Å²) in [5, 5.41) is 7.10. The van der Waals surface area contributed by atoms with Crippen LogP contribution in [-0.2, 0) is 4.74 Å². The van der Waals surface area contributed by atoms with Crippen molar-refractivity contribution < 1.29 is 4.74 Å². The Bertz CT molecular complexity index is 998. The van der Waals surface area contributed by atoms with Gasteiger partial charge in [-0.15, -0.1) is 0 Å². The number of hydrogen-bond donors (Lipinski definition) is 2. The zero-order valence-electron chi connectivity index (χ0n) is 21.5. The highest BCUT2D eigenvalue weighted by atomic mass is 32.1. The van der Waals surface area contributed by atoms with E-state index in [-0.39, 0.29) is 6.10 Å². The van der Waals surface area contributed by atoms with E-state index in [4.69, 9.17) is 26.9 Å². The van der Waals surface area contributed by atoms with Crippen LogP contribution in [0.3, 0.4) is 0 Å². The maximum atomic E-state index is 5.71. The monoisotopic (exact) mass is 509 g/mol. The summed E-state index contributed by atoms with van der Waals surface area (Å²) in [4.78, 5) is 17.0. The van der Waals surface area contributed by atoms with Crippen molar-refractivity contribution >= 4 is 40.6 Å². The zero-order chi connectivity index (χ0) is 24.9. The normalized spacial score (nSPS) is 24.6. The van der Waals surface area contributed by atoms with Gasteiger partial charge in [-0.3, -0.25) is 0 Å². The molecule has 0 spiro atoms. The van der Waals surface area contributed by atoms with Crippen molar-refractivity contribution in [3.63, 3.8) is 0 Å². The molecule has 9 heteroatoms. The second kappa shape index (κ2) is 11.6. The Morgan fingerprint density at radius 2 is 1.64 bits per heavy atom. The molecule has 2 aromatic rings. The maximum Gasteiger partial charge on any atom is 0.232 e. The van der Waals surface area contributed by atoms with Crippen molar-refractivity contribution in [2.24, 2.45) is 11.8 Å². The molecule has 3 aliphatic heterocycles. The lowest BCUT2D eigenvalue weighted by Gasteiger charge is -2.38. The van der Waals surface area contributed by atoms with E-state index in [1.54, 1.807) is 0 Å². The summed E-state index contributed by atoms with van der Waals surface area (Å²) < 4.78 is 5.71. The predicted octanol–water partition coefficient (Wildman–Crippen LogP) is 3.75. The van der Waals surface area contributed by atoms with Gasteiger partial charge in [0.15, 0.2) is 5.11 Å². The van der Waals surface area contributed by atoms with Crippen molar-refractivity contribution in [3.05, 3.63) is 36.4 Å². The minimum Gasteiger partial charge on any atom is -0.376 e. The molecule has 0 radical (unpaired) electrons. The molecule has 194 valence electrons. The van der Waals surface area contributed by atoms with Crippen LogP contribution in [0.5, 0.6) is 0 Å². The van der Waals surface area contributed by atoms with Gasteiger partial charge in [-0.2, -0.15) is 9.97 Å². The van der Waals surface area contributed by atoms with Crippen LogP contribution in [-0.4, -0.2) is 73.6 Å². The topological polar surface area (TPSA) is 68.8 Å². The highest BCUT2D eigenvalue weighted by Gasteiger charge is 2.26. The predicted molar refractivity (Wildman–Crippen MR) is 151 cm³/mol. The third kappa shape index (κ3) is 6.37. The van der Waals surface area contributed by atoms with Crippen LogP contribution < -0.4 is 25.3 Å². The van der Waals surface area contributed by atoms with Crippen molar-refractivity contribution in [3.8, 4) is 0 Å². The fraction of sp³-hybridized carbons (Fsp3) is 0.593. The summed E-state index contributed by atoms with van der Waals surface area (Å²) >= 11 is 5.59. The molecule has 5 rings (SSSR count). The van der Waals surface area contributed by atoms with Gasteiger partial charge < -0.3 is 30.1 Å². The van der Waals surface area contributed by atoms with Gasteiger partial charge in [-0.1, -0.05) is 32.0 Å². The molecule has 0 unspecified atom stereocenters. The molecule has 0 amide bonds. The fourth-order valence-corrected chi connectivity index (χ4v) is 5.82. The third-order valence-corrected chi connectivity index (χ3v) is 7.60. The summed E-state index contributed by atoms with van der Waals surface area (Å²) in [6, 6.07) is 12.8. The van der Waals surface area contributed by atoms with Gasteiger partial charge in [0, 0.05) is 64.2 Å². The van der Waals surface area contributed by atoms with Crippen molar-refractivity contribution in [1.82, 2.24) is 15.3 Å². The van der Waals surface area contributed by atoms with E-state index in [1.807, 2.05) is 0 Å². The molecule has 0 bridgehead atoms. The Labute approximate surface area is 220 Å². The molecule has 3 fully saturated rings. The molecular weight excluding hydrogens is 470 g/mol. The number of benzene rings is 1. The summed E-state index contributed by atoms with van der Waals surface area (Å²) in [5.74, 6) is 3.79. The van der Waals surface area contributed by atoms with Crippen molar-refractivity contribution in [2.45, 2.75) is 39.2 Å². The molecule has 3 saturated heterocycles. The molecular formula is C27H39N7OS. The number of anilines is 4. The molecule has 2 N–H and O–H groups in total.